The molecule has 5 rings (SSSR count). The fourth-order valence-electron chi connectivity index (χ4n) is 4.44. The minimum Gasteiger partial charge on any atom is -0.480 e. The average molecular weight is 548 g/mol. The van der Waals surface area contributed by atoms with Crippen molar-refractivity contribution in [3.05, 3.63) is 98.7 Å². The number of nitrogens with one attached hydrogen (secondary N) is 2. The van der Waals surface area contributed by atoms with Gasteiger partial charge >= 0.3 is 11.7 Å². The number of carbonyl (C=O) groups is 2. The number of anilines is 1. The molecule has 3 atom stereocenters. The molecule has 0 radical (unpaired) electrons. The maximum absolute atomic E-state index is 13.0. The van der Waals surface area contributed by atoms with E-state index >= 15 is 0 Å². The van der Waals surface area contributed by atoms with Crippen LogP contribution in [-0.2, 0) is 27.1 Å². The lowest BCUT2D eigenvalue weighted by Gasteiger charge is -2.17. The summed E-state index contributed by atoms with van der Waals surface area (Å²) < 4.78 is 22.7. The third kappa shape index (κ3) is 4.87. The normalized spacial score (nSPS) is 15.8. The third-order valence-electron chi connectivity index (χ3n) is 6.30. The Morgan fingerprint density at radius 3 is 2.51 bits per heavy atom. The first-order chi connectivity index (χ1) is 18.6. The molecule has 13 heteroatoms. The number of carboxylic acid groups (broad SMARTS) is 1. The van der Waals surface area contributed by atoms with Crippen molar-refractivity contribution >= 4 is 50.9 Å². The van der Waals surface area contributed by atoms with E-state index in [0.717, 1.165) is 4.57 Å². The van der Waals surface area contributed by atoms with Crippen LogP contribution in [0.5, 0.6) is 0 Å². The average Bonchev–Trinajstić information content (AvgIpc) is 3.30. The number of rotatable bonds is 7. The van der Waals surface area contributed by atoms with Crippen LogP contribution in [0, 0.1) is 0 Å². The van der Waals surface area contributed by atoms with Crippen molar-refractivity contribution in [2.45, 2.75) is 17.7 Å². The molecule has 1 aliphatic rings. The van der Waals surface area contributed by atoms with E-state index in [0.29, 0.717) is 28.0 Å². The van der Waals surface area contributed by atoms with E-state index in [1.807, 2.05) is 0 Å². The Labute approximate surface area is 222 Å². The van der Waals surface area contributed by atoms with Gasteiger partial charge in [-0.1, -0.05) is 30.3 Å². The summed E-state index contributed by atoms with van der Waals surface area (Å²) in [6.45, 7) is 0. The summed E-state index contributed by atoms with van der Waals surface area (Å²) in [5.74, 6) is -2.21. The summed E-state index contributed by atoms with van der Waals surface area (Å²) >= 11 is -2.45. The predicted octanol–water partition coefficient (Wildman–Crippen LogP) is 1.42. The number of para-hydroxylation sites is 1. The molecule has 12 nitrogen and oxygen atoms in total. The molecule has 0 saturated heterocycles. The quantitative estimate of drug-likeness (QED) is 0.169. The molecule has 39 heavy (non-hydrogen) atoms. The van der Waals surface area contributed by atoms with Crippen molar-refractivity contribution in [2.24, 2.45) is 4.99 Å². The van der Waals surface area contributed by atoms with Gasteiger partial charge in [0.25, 0.3) is 11.5 Å². The van der Waals surface area contributed by atoms with Gasteiger partial charge in [-0.2, -0.15) is 0 Å². The number of nitrogens with two attached hydrogens (primary N) is 1. The van der Waals surface area contributed by atoms with Gasteiger partial charge in [-0.25, -0.2) is 23.4 Å². The molecule has 3 unspecified atom stereocenters. The molecule has 0 saturated carbocycles. The van der Waals surface area contributed by atoms with Gasteiger partial charge in [0.05, 0.1) is 22.3 Å². The van der Waals surface area contributed by atoms with Gasteiger partial charge in [0.15, 0.2) is 11.1 Å². The van der Waals surface area contributed by atoms with Gasteiger partial charge in [-0.15, -0.1) is 0 Å². The Morgan fingerprint density at radius 1 is 1.10 bits per heavy atom. The molecule has 4 aromatic rings. The molecule has 3 aromatic carbocycles. The molecule has 0 spiro atoms. The summed E-state index contributed by atoms with van der Waals surface area (Å²) in [5, 5.41) is 11.1. The minimum atomic E-state index is -2.45. The van der Waals surface area contributed by atoms with Crippen LogP contribution in [0.4, 0.5) is 11.4 Å². The summed E-state index contributed by atoms with van der Waals surface area (Å²) in [6.07, 6.45) is -0.145. The lowest BCUT2D eigenvalue weighted by Crippen LogP contribution is -2.46. The number of fused-ring (bicyclic) bond motifs is 2. The van der Waals surface area contributed by atoms with Crippen LogP contribution in [0.25, 0.3) is 16.6 Å². The highest BCUT2D eigenvalue weighted by Gasteiger charge is 2.37. The number of aliphatic imine (C=N–C) groups is 1. The number of aromatic nitrogens is 2. The third-order valence-corrected chi connectivity index (χ3v) is 7.18. The van der Waals surface area contributed by atoms with Gasteiger partial charge in [0.1, 0.15) is 17.0 Å². The predicted molar refractivity (Wildman–Crippen MR) is 145 cm³/mol. The van der Waals surface area contributed by atoms with Gasteiger partial charge in [-0.3, -0.25) is 9.59 Å². The minimum absolute atomic E-state index is 0.145. The molecular formula is C26H21N5O7S. The molecule has 1 aliphatic heterocycles. The molecule has 1 amide bonds. The zero-order valence-electron chi connectivity index (χ0n) is 20.0. The molecule has 0 aliphatic carbocycles. The molecule has 6 N–H and O–H groups in total. The fraction of sp³-hybridized carbons (Fsp3) is 0.115. The van der Waals surface area contributed by atoms with E-state index in [9.17, 15) is 33.0 Å². The van der Waals surface area contributed by atoms with Crippen molar-refractivity contribution < 1.29 is 23.5 Å². The monoisotopic (exact) mass is 547 g/mol. The number of H-pyrrole nitrogens is 1. The number of hydrogen-bond donors (Lipinski definition) is 5. The molecule has 0 bridgehead atoms. The van der Waals surface area contributed by atoms with Crippen molar-refractivity contribution in [1.29, 1.82) is 0 Å². The van der Waals surface area contributed by atoms with E-state index in [-0.39, 0.29) is 23.2 Å². The molecule has 2 heterocycles. The van der Waals surface area contributed by atoms with Crippen LogP contribution < -0.4 is 22.3 Å². The Balaban J connectivity index is 1.38. The maximum Gasteiger partial charge on any atom is 0.333 e. The van der Waals surface area contributed by atoms with Crippen molar-refractivity contribution in [3.63, 3.8) is 0 Å². The van der Waals surface area contributed by atoms with E-state index in [2.05, 4.69) is 15.3 Å². The van der Waals surface area contributed by atoms with Crippen molar-refractivity contribution in [2.75, 3.05) is 5.73 Å². The smallest absolute Gasteiger partial charge is 0.333 e. The summed E-state index contributed by atoms with van der Waals surface area (Å²) in [6, 6.07) is 15.7. The number of benzene rings is 3. The van der Waals surface area contributed by atoms with Crippen molar-refractivity contribution in [1.82, 2.24) is 14.9 Å². The summed E-state index contributed by atoms with van der Waals surface area (Å²) in [4.78, 5) is 57.2. The van der Waals surface area contributed by atoms with Crippen LogP contribution in [0.1, 0.15) is 16.4 Å². The number of aromatic amines is 1. The van der Waals surface area contributed by atoms with Gasteiger partial charge in [0.2, 0.25) is 0 Å². The second-order valence-corrected chi connectivity index (χ2v) is 9.85. The second-order valence-electron chi connectivity index (χ2n) is 8.82. The molecule has 198 valence electrons. The number of aliphatic carboxylic acids is 1. The Kier molecular flexibility index (Phi) is 6.68. The van der Waals surface area contributed by atoms with E-state index in [1.165, 1.54) is 36.4 Å². The van der Waals surface area contributed by atoms with E-state index in [1.54, 1.807) is 30.3 Å². The Morgan fingerprint density at radius 2 is 1.82 bits per heavy atom. The number of carboxylic acids is 1. The van der Waals surface area contributed by atoms with E-state index in [4.69, 9.17) is 5.73 Å². The summed E-state index contributed by atoms with van der Waals surface area (Å²) in [5.41, 5.74) is 6.48. The number of carbonyl (C=O) groups excluding carboxylic acids is 1. The second kappa shape index (κ2) is 10.1. The largest absolute Gasteiger partial charge is 0.480 e. The number of nitrogen functional groups attached to an aromatic ring is 1. The highest BCUT2D eigenvalue weighted by molar-refractivity contribution is 7.80. The van der Waals surface area contributed by atoms with Crippen LogP contribution in [0.3, 0.4) is 0 Å². The van der Waals surface area contributed by atoms with Gasteiger partial charge in [0, 0.05) is 17.7 Å². The number of amides is 1. The van der Waals surface area contributed by atoms with Crippen molar-refractivity contribution in [3.8, 4) is 5.69 Å². The fourth-order valence-corrected chi connectivity index (χ4v) is 5.20. The SMILES string of the molecule is Nc1ccc2[nH]c(=O)n(-c3ccc(CC(NC(=O)C4=Nc5ccccc5C4S(=O)O)C(=O)O)cc3)c(=O)c2c1. The first-order valence-electron chi connectivity index (χ1n) is 11.6. The zero-order chi connectivity index (χ0) is 27.8. The maximum atomic E-state index is 13.0. The summed E-state index contributed by atoms with van der Waals surface area (Å²) in [7, 11) is 0. The van der Waals surface area contributed by atoms with Crippen LogP contribution in [0.15, 0.2) is 81.3 Å². The van der Waals surface area contributed by atoms with Crippen LogP contribution in [0.2, 0.25) is 0 Å². The highest BCUT2D eigenvalue weighted by atomic mass is 32.2. The number of nitrogens with zero attached hydrogens (tertiary/aromatic N) is 2. The van der Waals surface area contributed by atoms with E-state index < -0.39 is 45.5 Å². The van der Waals surface area contributed by atoms with Gasteiger partial charge in [-0.05, 0) is 42.0 Å². The molecular weight excluding hydrogens is 526 g/mol. The first kappa shape index (κ1) is 25.8. The van der Waals surface area contributed by atoms with Crippen LogP contribution >= 0.6 is 0 Å². The standard InChI is InChI=1S/C26H21N5O7S/c27-14-7-10-19-17(12-14)24(33)31(26(36)30-19)15-8-5-13(6-9-15)11-20(25(34)35)29-23(32)21-22(39(37)38)16-3-1-2-4-18(16)28-21/h1-10,12,20,22H,11,27H2,(H,29,32)(H,30,36)(H,34,35)(H,37,38). The lowest BCUT2D eigenvalue weighted by molar-refractivity contribution is -0.141. The Hall–Kier alpha value is -4.88. The number of hydrogen-bond acceptors (Lipinski definition) is 7. The molecule has 0 fully saturated rings. The zero-order valence-corrected chi connectivity index (χ0v) is 20.8. The first-order valence-corrected chi connectivity index (χ1v) is 12.8. The molecule has 1 aromatic heterocycles. The van der Waals surface area contributed by atoms with Gasteiger partial charge < -0.3 is 25.7 Å². The lowest BCUT2D eigenvalue weighted by atomic mass is 10.0. The van der Waals surface area contributed by atoms with Crippen LogP contribution in [-0.4, -0.2) is 47.0 Å². The highest BCUT2D eigenvalue weighted by Crippen LogP contribution is 2.36. The topological polar surface area (TPSA) is 197 Å². The Bertz CT molecular complexity index is 1810.